The van der Waals surface area contributed by atoms with Gasteiger partial charge in [0.25, 0.3) is 20.2 Å². The van der Waals surface area contributed by atoms with Crippen LogP contribution in [-0.4, -0.2) is 31.0 Å². The lowest BCUT2D eigenvalue weighted by atomic mass is 10.1. The van der Waals surface area contributed by atoms with Crippen LogP contribution in [0.3, 0.4) is 0 Å². The summed E-state index contributed by atoms with van der Waals surface area (Å²) >= 11 is 0. The highest BCUT2D eigenvalue weighted by Crippen LogP contribution is 2.41. The summed E-state index contributed by atoms with van der Waals surface area (Å²) in [7, 11) is -10.2. The third-order valence-electron chi connectivity index (χ3n) is 2.65. The Morgan fingerprint density at radius 3 is 1.75 bits per heavy atom. The van der Waals surface area contributed by atoms with E-state index in [1.165, 1.54) is 24.3 Å². The van der Waals surface area contributed by atoms with Crippen molar-refractivity contribution in [3.05, 3.63) is 24.3 Å². The van der Waals surface area contributed by atoms with Crippen molar-refractivity contribution in [2.45, 2.75) is 9.79 Å². The third kappa shape index (κ3) is 2.18. The van der Waals surface area contributed by atoms with E-state index in [0.717, 1.165) is 0 Å². The minimum absolute atomic E-state index is 0.0185. The lowest BCUT2D eigenvalue weighted by Gasteiger charge is -2.13. The first kappa shape index (κ1) is 14.5. The van der Waals surface area contributed by atoms with Crippen LogP contribution in [0, 0.1) is 0 Å². The van der Waals surface area contributed by atoms with Crippen LogP contribution < -0.4 is 5.73 Å². The molecule has 0 saturated heterocycles. The zero-order chi connectivity index (χ0) is 15.3. The Bertz CT molecular complexity index is 840. The van der Waals surface area contributed by atoms with Gasteiger partial charge in [0.15, 0.2) is 4.90 Å². The zero-order valence-electron chi connectivity index (χ0n) is 9.68. The summed E-state index contributed by atoms with van der Waals surface area (Å²) < 4.78 is 63.4. The number of fused-ring (bicyclic) bond motifs is 1. The maximum absolute atomic E-state index is 11.3. The standard InChI is InChI=1S/C10H9NO7S2/c11-7-5-3-1-2-4-6(5)8(12)10(20(16,17)18)9(7)19(13,14)15/h1-4,12H,11H2,(H,13,14,15)(H,16,17,18). The third-order valence-corrected chi connectivity index (χ3v) is 4.64. The van der Waals surface area contributed by atoms with Crippen molar-refractivity contribution in [1.82, 2.24) is 0 Å². The molecule has 0 aliphatic rings. The zero-order valence-corrected chi connectivity index (χ0v) is 11.3. The number of hydrogen-bond acceptors (Lipinski definition) is 6. The number of phenols is 1. The lowest BCUT2D eigenvalue weighted by molar-refractivity contribution is 0.436. The Balaban J connectivity index is 3.23. The first-order valence-corrected chi connectivity index (χ1v) is 7.91. The molecule has 0 aliphatic heterocycles. The molecule has 0 amide bonds. The Labute approximate surface area is 114 Å². The van der Waals surface area contributed by atoms with Crippen LogP contribution in [0.15, 0.2) is 34.1 Å². The van der Waals surface area contributed by atoms with Crippen LogP contribution >= 0.6 is 0 Å². The van der Waals surface area contributed by atoms with Gasteiger partial charge in [-0.15, -0.1) is 0 Å². The first-order chi connectivity index (χ1) is 9.05. The van der Waals surface area contributed by atoms with Crippen LogP contribution in [0.1, 0.15) is 0 Å². The average molecular weight is 319 g/mol. The second-order valence-electron chi connectivity index (χ2n) is 3.92. The Morgan fingerprint density at radius 1 is 0.850 bits per heavy atom. The summed E-state index contributed by atoms with van der Waals surface area (Å²) in [5.41, 5.74) is 4.96. The molecule has 0 fully saturated rings. The largest absolute Gasteiger partial charge is 0.506 e. The van der Waals surface area contributed by atoms with Gasteiger partial charge in [0.1, 0.15) is 10.6 Å². The molecule has 0 heterocycles. The topological polar surface area (TPSA) is 155 Å². The number of rotatable bonds is 2. The number of nitrogens with two attached hydrogens (primary N) is 1. The molecule has 2 aromatic carbocycles. The fraction of sp³-hybridized carbons (Fsp3) is 0. The Kier molecular flexibility index (Phi) is 3.13. The van der Waals surface area contributed by atoms with Gasteiger partial charge in [0, 0.05) is 10.8 Å². The van der Waals surface area contributed by atoms with Crippen LogP contribution in [0.5, 0.6) is 5.75 Å². The van der Waals surface area contributed by atoms with E-state index >= 15 is 0 Å². The summed E-state index contributed by atoms with van der Waals surface area (Å²) in [4.78, 5) is -2.60. The van der Waals surface area contributed by atoms with Crippen molar-refractivity contribution in [2.75, 3.05) is 5.73 Å². The molecule has 0 spiro atoms. The molecule has 8 nitrogen and oxygen atoms in total. The smallest absolute Gasteiger partial charge is 0.299 e. The summed E-state index contributed by atoms with van der Waals surface area (Å²) in [6.07, 6.45) is 0. The van der Waals surface area contributed by atoms with Crippen molar-refractivity contribution in [3.63, 3.8) is 0 Å². The molecule has 0 bridgehead atoms. The predicted molar refractivity (Wildman–Crippen MR) is 69.7 cm³/mol. The Hall–Kier alpha value is -1.88. The van der Waals surface area contributed by atoms with E-state index < -0.39 is 41.5 Å². The van der Waals surface area contributed by atoms with Gasteiger partial charge in [-0.1, -0.05) is 24.3 Å². The maximum atomic E-state index is 11.3. The van der Waals surface area contributed by atoms with Crippen LogP contribution in [0.2, 0.25) is 0 Å². The molecule has 0 unspecified atom stereocenters. The molecule has 0 atom stereocenters. The van der Waals surface area contributed by atoms with Crippen molar-refractivity contribution in [2.24, 2.45) is 0 Å². The molecule has 20 heavy (non-hydrogen) atoms. The van der Waals surface area contributed by atoms with Crippen molar-refractivity contribution < 1.29 is 31.0 Å². The van der Waals surface area contributed by atoms with E-state index in [-0.39, 0.29) is 10.8 Å². The molecule has 0 aliphatic carbocycles. The van der Waals surface area contributed by atoms with Crippen molar-refractivity contribution >= 4 is 36.7 Å². The van der Waals surface area contributed by atoms with E-state index in [1.54, 1.807) is 0 Å². The van der Waals surface area contributed by atoms with Crippen LogP contribution in [-0.2, 0) is 20.2 Å². The van der Waals surface area contributed by atoms with Gasteiger partial charge in [-0.2, -0.15) is 16.8 Å². The molecular formula is C10H9NO7S2. The van der Waals surface area contributed by atoms with Gasteiger partial charge in [0.2, 0.25) is 0 Å². The van der Waals surface area contributed by atoms with Gasteiger partial charge in [-0.25, -0.2) is 0 Å². The number of anilines is 1. The molecule has 108 valence electrons. The fourth-order valence-corrected chi connectivity index (χ4v) is 3.94. The molecule has 0 saturated carbocycles. The van der Waals surface area contributed by atoms with Crippen LogP contribution in [0.25, 0.3) is 10.8 Å². The summed E-state index contributed by atoms with van der Waals surface area (Å²) in [5.74, 6) is -1.01. The minimum atomic E-state index is -5.13. The lowest BCUT2D eigenvalue weighted by Crippen LogP contribution is -2.12. The van der Waals surface area contributed by atoms with E-state index in [9.17, 15) is 21.9 Å². The molecular weight excluding hydrogens is 310 g/mol. The van der Waals surface area contributed by atoms with Crippen LogP contribution in [0.4, 0.5) is 5.69 Å². The minimum Gasteiger partial charge on any atom is -0.506 e. The number of benzene rings is 2. The summed E-state index contributed by atoms with van der Waals surface area (Å²) in [6, 6.07) is 5.53. The Morgan fingerprint density at radius 2 is 1.30 bits per heavy atom. The highest BCUT2D eigenvalue weighted by atomic mass is 32.2. The molecule has 5 N–H and O–H groups in total. The molecule has 0 radical (unpaired) electrons. The van der Waals surface area contributed by atoms with Gasteiger partial charge in [0.05, 0.1) is 5.69 Å². The predicted octanol–water partition coefficient (Wildman–Crippen LogP) is 0.621. The van der Waals surface area contributed by atoms with E-state index in [0.29, 0.717) is 0 Å². The molecule has 2 aromatic rings. The second-order valence-corrected chi connectivity index (χ2v) is 6.63. The van der Waals surface area contributed by atoms with Crippen molar-refractivity contribution in [3.8, 4) is 5.75 Å². The summed E-state index contributed by atoms with van der Waals surface area (Å²) in [5, 5.41) is 9.82. The second kappa shape index (κ2) is 4.31. The molecule has 2 rings (SSSR count). The van der Waals surface area contributed by atoms with Crippen molar-refractivity contribution in [1.29, 1.82) is 0 Å². The van der Waals surface area contributed by atoms with E-state index in [2.05, 4.69) is 0 Å². The highest BCUT2D eigenvalue weighted by molar-refractivity contribution is 7.89. The maximum Gasteiger partial charge on any atom is 0.299 e. The van der Waals surface area contributed by atoms with Gasteiger partial charge >= 0.3 is 0 Å². The highest BCUT2D eigenvalue weighted by Gasteiger charge is 2.32. The van der Waals surface area contributed by atoms with E-state index in [4.69, 9.17) is 14.8 Å². The molecule has 0 aromatic heterocycles. The normalized spacial score (nSPS) is 12.7. The van der Waals surface area contributed by atoms with Gasteiger partial charge < -0.3 is 10.8 Å². The molecule has 10 heteroatoms. The van der Waals surface area contributed by atoms with Gasteiger partial charge in [-0.05, 0) is 0 Å². The monoisotopic (exact) mass is 319 g/mol. The van der Waals surface area contributed by atoms with E-state index in [1.807, 2.05) is 0 Å². The number of phenolic OH excluding ortho intramolecular Hbond substituents is 1. The number of hydrogen-bond donors (Lipinski definition) is 4. The average Bonchev–Trinajstić information content (AvgIpc) is 2.30. The van der Waals surface area contributed by atoms with Gasteiger partial charge in [-0.3, -0.25) is 9.11 Å². The quantitative estimate of drug-likeness (QED) is 0.356. The SMILES string of the molecule is Nc1c(S(=O)(=O)O)c(S(=O)(=O)O)c(O)c2ccccc12. The number of nitrogen functional groups attached to an aromatic ring is 1. The fourth-order valence-electron chi connectivity index (χ4n) is 1.89. The number of aromatic hydroxyl groups is 1. The first-order valence-electron chi connectivity index (χ1n) is 5.03. The summed E-state index contributed by atoms with van der Waals surface area (Å²) in [6.45, 7) is 0.